The van der Waals surface area contributed by atoms with E-state index >= 15 is 0 Å². The van der Waals surface area contributed by atoms with Gasteiger partial charge in [-0.05, 0) is 80.1 Å². The van der Waals surface area contributed by atoms with Crippen LogP contribution in [-0.2, 0) is 14.3 Å². The molecule has 1 saturated heterocycles. The second-order valence-corrected chi connectivity index (χ2v) is 10.7. The third-order valence-electron chi connectivity index (χ3n) is 9.36. The normalized spacial score (nSPS) is 52.2. The summed E-state index contributed by atoms with van der Waals surface area (Å²) in [5.41, 5.74) is 1.36. The number of fused-ring (bicyclic) bond motifs is 5. The largest absolute Gasteiger partial charge is 0.394 e. The Labute approximate surface area is 183 Å². The predicted molar refractivity (Wildman–Crippen MR) is 111 cm³/mol. The Hall–Kier alpha value is -0.830. The van der Waals surface area contributed by atoms with Gasteiger partial charge in [0.05, 0.1) is 12.7 Å². The molecule has 0 amide bonds. The number of allylic oxidation sites excluding steroid dienone is 1. The van der Waals surface area contributed by atoms with Gasteiger partial charge in [-0.2, -0.15) is 0 Å². The summed E-state index contributed by atoms with van der Waals surface area (Å²) in [6, 6.07) is 0. The maximum Gasteiger partial charge on any atom is 0.186 e. The monoisotopic (exact) mass is 436 g/mol. The lowest BCUT2D eigenvalue weighted by Gasteiger charge is -2.54. The average Bonchev–Trinajstić information content (AvgIpc) is 3.09. The zero-order chi connectivity index (χ0) is 21.9. The number of hydrogen-bond donors (Lipinski definition) is 4. The molecule has 0 aromatic carbocycles. The van der Waals surface area contributed by atoms with Crippen molar-refractivity contribution in [3.05, 3.63) is 11.6 Å². The molecule has 174 valence electrons. The Morgan fingerprint density at radius 3 is 2.61 bits per heavy atom. The molecular weight excluding hydrogens is 400 g/mol. The molecule has 7 heteroatoms. The first-order valence-corrected chi connectivity index (χ1v) is 12.0. The van der Waals surface area contributed by atoms with E-state index in [1.54, 1.807) is 0 Å². The smallest absolute Gasteiger partial charge is 0.186 e. The van der Waals surface area contributed by atoms with E-state index in [0.29, 0.717) is 35.9 Å². The van der Waals surface area contributed by atoms with Gasteiger partial charge in [0.25, 0.3) is 0 Å². The van der Waals surface area contributed by atoms with E-state index in [4.69, 9.17) is 9.47 Å². The van der Waals surface area contributed by atoms with E-state index in [1.807, 2.05) is 6.08 Å². The van der Waals surface area contributed by atoms with Crippen LogP contribution in [0, 0.1) is 29.1 Å². The van der Waals surface area contributed by atoms with Crippen molar-refractivity contribution in [2.24, 2.45) is 29.1 Å². The number of aliphatic hydroxyl groups is 4. The van der Waals surface area contributed by atoms with Gasteiger partial charge in [-0.3, -0.25) is 4.79 Å². The Balaban J connectivity index is 1.31. The topological polar surface area (TPSA) is 116 Å². The number of aliphatic hydroxyl groups excluding tert-OH is 4. The van der Waals surface area contributed by atoms with Gasteiger partial charge in [0.15, 0.2) is 12.1 Å². The molecule has 0 aromatic rings. The van der Waals surface area contributed by atoms with Gasteiger partial charge in [-0.15, -0.1) is 0 Å². The number of ketones is 1. The third-order valence-corrected chi connectivity index (χ3v) is 9.36. The summed E-state index contributed by atoms with van der Waals surface area (Å²) >= 11 is 0. The minimum atomic E-state index is -1.41. The molecule has 0 radical (unpaired) electrons. The molecule has 5 aliphatic rings. The molecule has 4 N–H and O–H groups in total. The molecule has 1 aliphatic heterocycles. The van der Waals surface area contributed by atoms with E-state index in [0.717, 1.165) is 44.9 Å². The van der Waals surface area contributed by atoms with Gasteiger partial charge in [0.2, 0.25) is 0 Å². The molecule has 0 spiro atoms. The number of carbonyl (C=O) groups is 1. The zero-order valence-electron chi connectivity index (χ0n) is 18.2. The van der Waals surface area contributed by atoms with Crippen LogP contribution in [-0.4, -0.2) is 69.6 Å². The van der Waals surface area contributed by atoms with Crippen molar-refractivity contribution in [1.82, 2.24) is 0 Å². The van der Waals surface area contributed by atoms with Gasteiger partial charge in [-0.25, -0.2) is 0 Å². The molecule has 11 atom stereocenters. The highest BCUT2D eigenvalue weighted by molar-refractivity contribution is 5.91. The van der Waals surface area contributed by atoms with Crippen molar-refractivity contribution in [1.29, 1.82) is 0 Å². The highest BCUT2D eigenvalue weighted by atomic mass is 16.7. The van der Waals surface area contributed by atoms with Gasteiger partial charge >= 0.3 is 0 Å². The number of rotatable bonds is 3. The van der Waals surface area contributed by atoms with Crippen LogP contribution in [0.4, 0.5) is 0 Å². The van der Waals surface area contributed by atoms with Crippen molar-refractivity contribution in [2.45, 2.75) is 95.1 Å². The standard InChI is InChI=1S/C24H36O7/c1-24-9-8-15-14-5-3-13(26)10-12(14)2-4-16(15)17(24)6-7-19(24)31-23-22(29)21(28)20(27)18(11-25)30-23/h10,14-23,25,27-29H,2-9,11H2,1H3/t14-,15+,16+,17-,18+,19-,20+,21-,22+,23-,24-/m0/s1. The van der Waals surface area contributed by atoms with Crippen LogP contribution in [0.1, 0.15) is 58.3 Å². The van der Waals surface area contributed by atoms with Crippen molar-refractivity contribution in [3.63, 3.8) is 0 Å². The maximum atomic E-state index is 11.9. The van der Waals surface area contributed by atoms with Crippen LogP contribution in [0.2, 0.25) is 0 Å². The van der Waals surface area contributed by atoms with Crippen LogP contribution in [0.3, 0.4) is 0 Å². The zero-order valence-corrected chi connectivity index (χ0v) is 18.2. The third kappa shape index (κ3) is 3.52. The van der Waals surface area contributed by atoms with Crippen LogP contribution >= 0.6 is 0 Å². The summed E-state index contributed by atoms with van der Waals surface area (Å²) < 4.78 is 11.9. The number of hydrogen-bond acceptors (Lipinski definition) is 7. The first-order chi connectivity index (χ1) is 14.8. The Kier molecular flexibility index (Phi) is 5.81. The maximum absolute atomic E-state index is 11.9. The molecule has 3 saturated carbocycles. The Bertz CT molecular complexity index is 735. The Morgan fingerprint density at radius 1 is 1.03 bits per heavy atom. The highest BCUT2D eigenvalue weighted by Crippen LogP contribution is 2.62. The number of ether oxygens (including phenoxy) is 2. The molecular formula is C24H36O7. The van der Waals surface area contributed by atoms with Crippen molar-refractivity contribution in [2.75, 3.05) is 6.61 Å². The average molecular weight is 437 g/mol. The minimum absolute atomic E-state index is 0.0221. The van der Waals surface area contributed by atoms with E-state index in [2.05, 4.69) is 6.92 Å². The number of carbonyl (C=O) groups excluding carboxylic acids is 1. The molecule has 0 bridgehead atoms. The predicted octanol–water partition coefficient (Wildman–Crippen LogP) is 1.31. The fraction of sp³-hybridized carbons (Fsp3) is 0.875. The van der Waals surface area contributed by atoms with Crippen molar-refractivity contribution >= 4 is 5.78 Å². The quantitative estimate of drug-likeness (QED) is 0.527. The Morgan fingerprint density at radius 2 is 1.84 bits per heavy atom. The van der Waals surface area contributed by atoms with Gasteiger partial charge < -0.3 is 29.9 Å². The minimum Gasteiger partial charge on any atom is -0.394 e. The van der Waals surface area contributed by atoms with Crippen LogP contribution in [0.15, 0.2) is 11.6 Å². The molecule has 4 aliphatic carbocycles. The lowest BCUT2D eigenvalue weighted by molar-refractivity contribution is -0.319. The summed E-state index contributed by atoms with van der Waals surface area (Å²) in [5.74, 6) is 2.68. The SMILES string of the molecule is C[C@]12CC[C@H]3[C@@H](CCC4=CC(=O)CC[C@@H]43)[C@@H]1CC[C@@H]2O[C@@H]1O[C@H](CO)[C@@H](O)[C@H](O)[C@H]1O. The summed E-state index contributed by atoms with van der Waals surface area (Å²) in [5, 5.41) is 40.0. The molecule has 31 heavy (non-hydrogen) atoms. The van der Waals surface area contributed by atoms with Crippen molar-refractivity contribution < 1.29 is 34.7 Å². The van der Waals surface area contributed by atoms with E-state index < -0.39 is 37.3 Å². The second-order valence-electron chi connectivity index (χ2n) is 10.7. The lowest BCUT2D eigenvalue weighted by atomic mass is 9.52. The summed E-state index contributed by atoms with van der Waals surface area (Å²) in [6.07, 6.45) is 3.68. The van der Waals surface area contributed by atoms with E-state index in [-0.39, 0.29) is 11.5 Å². The van der Waals surface area contributed by atoms with Crippen LogP contribution in [0.5, 0.6) is 0 Å². The van der Waals surface area contributed by atoms with Crippen molar-refractivity contribution in [3.8, 4) is 0 Å². The molecule has 1 heterocycles. The van der Waals surface area contributed by atoms with E-state index in [9.17, 15) is 25.2 Å². The fourth-order valence-electron chi connectivity index (χ4n) is 7.70. The molecule has 7 nitrogen and oxygen atoms in total. The summed E-state index contributed by atoms with van der Waals surface area (Å²) in [7, 11) is 0. The second kappa shape index (κ2) is 8.19. The molecule has 0 aromatic heterocycles. The summed E-state index contributed by atoms with van der Waals surface area (Å²) in [6.45, 7) is 1.85. The summed E-state index contributed by atoms with van der Waals surface area (Å²) in [4.78, 5) is 11.9. The van der Waals surface area contributed by atoms with Crippen LogP contribution in [0.25, 0.3) is 0 Å². The molecule has 5 rings (SSSR count). The van der Waals surface area contributed by atoms with Crippen LogP contribution < -0.4 is 0 Å². The van der Waals surface area contributed by atoms with E-state index in [1.165, 1.54) is 5.57 Å². The molecule has 0 unspecified atom stereocenters. The molecule has 4 fully saturated rings. The first-order valence-electron chi connectivity index (χ1n) is 12.0. The highest BCUT2D eigenvalue weighted by Gasteiger charge is 2.58. The first kappa shape index (κ1) is 22.0. The fourth-order valence-corrected chi connectivity index (χ4v) is 7.70. The van der Waals surface area contributed by atoms with Gasteiger partial charge in [0, 0.05) is 6.42 Å². The van der Waals surface area contributed by atoms with Gasteiger partial charge in [0.1, 0.15) is 24.4 Å². The lowest BCUT2D eigenvalue weighted by Crippen LogP contribution is -2.60. The van der Waals surface area contributed by atoms with Gasteiger partial charge in [-0.1, -0.05) is 12.5 Å².